The smallest absolute Gasteiger partial charge is 0.303 e. The summed E-state index contributed by atoms with van der Waals surface area (Å²) in [5.41, 5.74) is 5.58. The van der Waals surface area contributed by atoms with E-state index in [1.807, 2.05) is 0 Å². The zero-order chi connectivity index (χ0) is 15.5. The van der Waals surface area contributed by atoms with Gasteiger partial charge in [0.25, 0.3) is 0 Å². The molecular weight excluding hydrogens is 266 g/mol. The van der Waals surface area contributed by atoms with Gasteiger partial charge in [-0.25, -0.2) is 0 Å². The maximum Gasteiger partial charge on any atom is 0.303 e. The average Bonchev–Trinajstić information content (AvgIpc) is 2.39. The number of carboxylic acid groups (broad SMARTS) is 1. The Kier molecular flexibility index (Phi) is 9.31. The quantitative estimate of drug-likeness (QED) is 0.434. The van der Waals surface area contributed by atoms with Crippen molar-refractivity contribution in [3.8, 4) is 0 Å². The van der Waals surface area contributed by atoms with Crippen molar-refractivity contribution < 1.29 is 24.2 Å². The van der Waals surface area contributed by atoms with Crippen LogP contribution in [0.2, 0.25) is 0 Å². The number of ether oxygens (including phenoxy) is 1. The zero-order valence-electron chi connectivity index (χ0n) is 11.9. The number of likely N-dealkylation sites (N-methyl/N-ethyl adjacent to an activating group) is 1. The molecule has 8 heteroatoms. The van der Waals surface area contributed by atoms with E-state index in [4.69, 9.17) is 15.6 Å². The molecule has 0 radical (unpaired) electrons. The maximum atomic E-state index is 11.8. The van der Waals surface area contributed by atoms with Gasteiger partial charge in [0, 0.05) is 33.7 Å². The number of hydrogen-bond acceptors (Lipinski definition) is 5. The van der Waals surface area contributed by atoms with E-state index in [0.29, 0.717) is 19.6 Å². The zero-order valence-corrected chi connectivity index (χ0v) is 11.9. The van der Waals surface area contributed by atoms with Gasteiger partial charge in [-0.2, -0.15) is 0 Å². The number of hydrogen-bond donors (Lipinski definition) is 3. The van der Waals surface area contributed by atoms with Crippen molar-refractivity contribution in [1.82, 2.24) is 10.2 Å². The first-order valence-electron chi connectivity index (χ1n) is 6.36. The highest BCUT2D eigenvalue weighted by molar-refractivity contribution is 5.87. The lowest BCUT2D eigenvalue weighted by Gasteiger charge is -2.20. The van der Waals surface area contributed by atoms with E-state index in [1.54, 1.807) is 7.11 Å². The van der Waals surface area contributed by atoms with E-state index >= 15 is 0 Å². The molecule has 0 fully saturated rings. The summed E-state index contributed by atoms with van der Waals surface area (Å²) >= 11 is 0. The van der Waals surface area contributed by atoms with E-state index in [1.165, 1.54) is 11.9 Å². The Balaban J connectivity index is 3.99. The molecule has 116 valence electrons. The first-order chi connectivity index (χ1) is 9.38. The van der Waals surface area contributed by atoms with Crippen LogP contribution in [-0.4, -0.2) is 67.7 Å². The molecule has 0 rings (SSSR count). The lowest BCUT2D eigenvalue weighted by Crippen LogP contribution is -2.46. The molecule has 1 unspecified atom stereocenters. The molecule has 4 N–H and O–H groups in total. The highest BCUT2D eigenvalue weighted by Crippen LogP contribution is 1.99. The van der Waals surface area contributed by atoms with Crippen molar-refractivity contribution in [3.05, 3.63) is 0 Å². The fourth-order valence-electron chi connectivity index (χ4n) is 1.48. The van der Waals surface area contributed by atoms with Gasteiger partial charge in [-0.1, -0.05) is 0 Å². The van der Waals surface area contributed by atoms with E-state index in [-0.39, 0.29) is 25.3 Å². The van der Waals surface area contributed by atoms with Crippen LogP contribution in [0, 0.1) is 0 Å². The predicted octanol–water partition coefficient (Wildman–Crippen LogP) is -1.21. The highest BCUT2D eigenvalue weighted by Gasteiger charge is 2.20. The van der Waals surface area contributed by atoms with Gasteiger partial charge in [-0.15, -0.1) is 0 Å². The number of nitrogens with two attached hydrogens (primary N) is 1. The molecule has 0 bridgehead atoms. The van der Waals surface area contributed by atoms with Crippen LogP contribution < -0.4 is 11.1 Å². The number of carbonyl (C=O) groups is 3. The Bertz CT molecular complexity index is 335. The summed E-state index contributed by atoms with van der Waals surface area (Å²) < 4.78 is 4.84. The standard InChI is InChI=1S/C12H23N3O5/c1-15(8-10(16)14-6-3-7-20-2)12(19)9(13)4-5-11(17)18/h9H,3-8,13H2,1-2H3,(H,14,16)(H,17,18). The van der Waals surface area contributed by atoms with Crippen LogP contribution in [0.25, 0.3) is 0 Å². The minimum atomic E-state index is -1.01. The molecule has 0 aromatic carbocycles. The largest absolute Gasteiger partial charge is 0.481 e. The summed E-state index contributed by atoms with van der Waals surface area (Å²) in [7, 11) is 3.03. The van der Waals surface area contributed by atoms with Gasteiger partial charge in [-0.05, 0) is 12.8 Å². The monoisotopic (exact) mass is 289 g/mol. The van der Waals surface area contributed by atoms with Crippen LogP contribution in [0.15, 0.2) is 0 Å². The maximum absolute atomic E-state index is 11.8. The Morgan fingerprint density at radius 3 is 2.60 bits per heavy atom. The lowest BCUT2D eigenvalue weighted by molar-refractivity contribution is -0.138. The third-order valence-corrected chi connectivity index (χ3v) is 2.59. The molecule has 0 saturated carbocycles. The minimum absolute atomic E-state index is 0.0496. The van der Waals surface area contributed by atoms with Crippen LogP contribution in [0.1, 0.15) is 19.3 Å². The Labute approximate surface area is 118 Å². The summed E-state index contributed by atoms with van der Waals surface area (Å²) in [4.78, 5) is 34.9. The van der Waals surface area contributed by atoms with E-state index in [9.17, 15) is 14.4 Å². The second kappa shape index (κ2) is 10.2. The van der Waals surface area contributed by atoms with Gasteiger partial charge in [0.15, 0.2) is 0 Å². The van der Waals surface area contributed by atoms with E-state index < -0.39 is 17.9 Å². The second-order valence-electron chi connectivity index (χ2n) is 4.43. The highest BCUT2D eigenvalue weighted by atomic mass is 16.5. The third kappa shape index (κ3) is 8.44. The van der Waals surface area contributed by atoms with Crippen molar-refractivity contribution in [1.29, 1.82) is 0 Å². The number of rotatable bonds is 10. The van der Waals surface area contributed by atoms with Crippen LogP contribution in [0.3, 0.4) is 0 Å². The van der Waals surface area contributed by atoms with Crippen molar-refractivity contribution in [3.63, 3.8) is 0 Å². The minimum Gasteiger partial charge on any atom is -0.481 e. The summed E-state index contributed by atoms with van der Waals surface area (Å²) in [6.45, 7) is 0.918. The van der Waals surface area contributed by atoms with E-state index in [0.717, 1.165) is 0 Å². The first kappa shape index (κ1) is 18.3. The molecule has 0 aromatic heterocycles. The van der Waals surface area contributed by atoms with Gasteiger partial charge in [0.05, 0.1) is 12.6 Å². The number of amides is 2. The Hall–Kier alpha value is -1.67. The molecule has 20 heavy (non-hydrogen) atoms. The number of nitrogens with zero attached hydrogens (tertiary/aromatic N) is 1. The molecule has 0 heterocycles. The summed E-state index contributed by atoms with van der Waals surface area (Å²) in [5.74, 6) is -1.74. The topological polar surface area (TPSA) is 122 Å². The fourth-order valence-corrected chi connectivity index (χ4v) is 1.48. The Morgan fingerprint density at radius 2 is 2.05 bits per heavy atom. The van der Waals surface area contributed by atoms with Crippen molar-refractivity contribution in [2.45, 2.75) is 25.3 Å². The van der Waals surface area contributed by atoms with E-state index in [2.05, 4.69) is 5.32 Å². The normalized spacial score (nSPS) is 11.8. The van der Waals surface area contributed by atoms with Crippen LogP contribution >= 0.6 is 0 Å². The second-order valence-corrected chi connectivity index (χ2v) is 4.43. The lowest BCUT2D eigenvalue weighted by atomic mass is 10.1. The average molecular weight is 289 g/mol. The molecule has 8 nitrogen and oxygen atoms in total. The SMILES string of the molecule is COCCCNC(=O)CN(C)C(=O)C(N)CCC(=O)O. The van der Waals surface area contributed by atoms with Gasteiger partial charge < -0.3 is 25.8 Å². The summed E-state index contributed by atoms with van der Waals surface area (Å²) in [5, 5.41) is 11.2. The van der Waals surface area contributed by atoms with Gasteiger partial charge >= 0.3 is 5.97 Å². The first-order valence-corrected chi connectivity index (χ1v) is 6.36. The Morgan fingerprint density at radius 1 is 1.40 bits per heavy atom. The van der Waals surface area contributed by atoms with Crippen molar-refractivity contribution >= 4 is 17.8 Å². The number of nitrogens with one attached hydrogen (secondary N) is 1. The summed E-state index contributed by atoms with van der Waals surface area (Å²) in [6, 6.07) is -0.905. The van der Waals surface area contributed by atoms with Crippen LogP contribution in [-0.2, 0) is 19.1 Å². The van der Waals surface area contributed by atoms with Gasteiger partial charge in [0.1, 0.15) is 0 Å². The number of carbonyl (C=O) groups excluding carboxylic acids is 2. The molecule has 0 spiro atoms. The predicted molar refractivity (Wildman–Crippen MR) is 72.0 cm³/mol. The molecule has 0 aromatic rings. The van der Waals surface area contributed by atoms with Gasteiger partial charge in [-0.3, -0.25) is 14.4 Å². The number of aliphatic carboxylic acids is 1. The number of carboxylic acids is 1. The summed E-state index contributed by atoms with van der Waals surface area (Å²) in [6.07, 6.45) is 0.565. The molecule has 0 aliphatic carbocycles. The van der Waals surface area contributed by atoms with Crippen LogP contribution in [0.4, 0.5) is 0 Å². The molecule has 0 aliphatic rings. The number of methoxy groups -OCH3 is 1. The third-order valence-electron chi connectivity index (χ3n) is 2.59. The molecule has 2 amide bonds. The van der Waals surface area contributed by atoms with Gasteiger partial charge in [0.2, 0.25) is 11.8 Å². The molecule has 0 saturated heterocycles. The fraction of sp³-hybridized carbons (Fsp3) is 0.750. The van der Waals surface area contributed by atoms with Crippen molar-refractivity contribution in [2.24, 2.45) is 5.73 Å². The molecule has 1 atom stereocenters. The molecular formula is C12H23N3O5. The molecule has 0 aliphatic heterocycles. The van der Waals surface area contributed by atoms with Crippen LogP contribution in [0.5, 0.6) is 0 Å². The van der Waals surface area contributed by atoms with Crippen molar-refractivity contribution in [2.75, 3.05) is 33.9 Å².